The van der Waals surface area contributed by atoms with Crippen molar-refractivity contribution >= 4 is 34.6 Å². The van der Waals surface area contributed by atoms with Gasteiger partial charge in [-0.25, -0.2) is 4.98 Å². The molecule has 0 bridgehead atoms. The van der Waals surface area contributed by atoms with Crippen molar-refractivity contribution in [2.45, 2.75) is 26.9 Å². The topological polar surface area (TPSA) is 107 Å². The van der Waals surface area contributed by atoms with Gasteiger partial charge in [0.2, 0.25) is 12.1 Å². The van der Waals surface area contributed by atoms with E-state index in [9.17, 15) is 18.0 Å². The second-order valence-corrected chi connectivity index (χ2v) is 5.83. The molecular weight excluding hydrogens is 361 g/mol. The number of aryl methyl sites for hydroxylation is 3. The normalized spacial score (nSPS) is 11.0. The van der Waals surface area contributed by atoms with E-state index in [4.69, 9.17) is 15.9 Å². The Hall–Kier alpha value is -3.23. The highest BCUT2D eigenvalue weighted by atomic mass is 19.4. The van der Waals surface area contributed by atoms with Crippen molar-refractivity contribution in [2.75, 3.05) is 16.8 Å². The number of halogens is 3. The molecule has 0 aliphatic rings. The Bertz CT molecular complexity index is 981. The molecule has 0 fully saturated rings. The summed E-state index contributed by atoms with van der Waals surface area (Å²) in [5.74, 6) is 0.695. The Balaban J connectivity index is 0.000000194. The highest BCUT2D eigenvalue weighted by Crippen LogP contribution is 2.33. The van der Waals surface area contributed by atoms with Crippen molar-refractivity contribution in [3.63, 3.8) is 0 Å². The number of carbonyl (C=O) groups excluding carboxylic acids is 1. The summed E-state index contributed by atoms with van der Waals surface area (Å²) < 4.78 is 41.7. The molecule has 27 heavy (non-hydrogen) atoms. The zero-order chi connectivity index (χ0) is 20.4. The molecule has 0 aliphatic heterocycles. The minimum atomic E-state index is -4.37. The quantitative estimate of drug-likeness (QED) is 0.578. The van der Waals surface area contributed by atoms with E-state index in [0.717, 1.165) is 28.8 Å². The van der Waals surface area contributed by atoms with Crippen LogP contribution in [0.2, 0.25) is 0 Å². The standard InChI is InChI=1S/C10H13N3O.C8H6F3NO/c1-4-7-9(12)6(3)14-10(7)13-5(2)8(4)11;9-8(10,11)6-2-1-3-7(4-6)12-5-13/h11-12H2,1-3H3;1-5H,(H,12,13). The van der Waals surface area contributed by atoms with Crippen LogP contribution in [0.25, 0.3) is 11.1 Å². The molecule has 3 rings (SSSR count). The second-order valence-electron chi connectivity index (χ2n) is 5.83. The average Bonchev–Trinajstić information content (AvgIpc) is 2.87. The molecule has 144 valence electrons. The number of nitrogens with zero attached hydrogens (tertiary/aromatic N) is 1. The molecule has 5 N–H and O–H groups in total. The number of aromatic nitrogens is 1. The molecule has 9 heteroatoms. The van der Waals surface area contributed by atoms with Crippen LogP contribution in [0.3, 0.4) is 0 Å². The van der Waals surface area contributed by atoms with Gasteiger partial charge in [-0.15, -0.1) is 0 Å². The fourth-order valence-corrected chi connectivity index (χ4v) is 2.46. The van der Waals surface area contributed by atoms with E-state index in [0.29, 0.717) is 29.3 Å². The maximum atomic E-state index is 12.1. The van der Waals surface area contributed by atoms with Gasteiger partial charge >= 0.3 is 6.18 Å². The number of nitrogens with one attached hydrogen (secondary N) is 1. The smallest absolute Gasteiger partial charge is 0.416 e. The molecule has 0 saturated heterocycles. The molecule has 0 aliphatic carbocycles. The van der Waals surface area contributed by atoms with Gasteiger partial charge in [-0.05, 0) is 44.5 Å². The van der Waals surface area contributed by atoms with Crippen LogP contribution in [-0.2, 0) is 11.0 Å². The van der Waals surface area contributed by atoms with Gasteiger partial charge in [-0.1, -0.05) is 6.07 Å². The van der Waals surface area contributed by atoms with Crippen LogP contribution >= 0.6 is 0 Å². The molecule has 6 nitrogen and oxygen atoms in total. The first-order valence-corrected chi connectivity index (χ1v) is 7.85. The van der Waals surface area contributed by atoms with E-state index in [2.05, 4.69) is 10.3 Å². The van der Waals surface area contributed by atoms with Crippen LogP contribution in [0, 0.1) is 20.8 Å². The van der Waals surface area contributed by atoms with Crippen LogP contribution in [0.5, 0.6) is 0 Å². The van der Waals surface area contributed by atoms with Crippen LogP contribution in [-0.4, -0.2) is 11.4 Å². The van der Waals surface area contributed by atoms with Crippen LogP contribution in [0.1, 0.15) is 22.6 Å². The van der Waals surface area contributed by atoms with Crippen molar-refractivity contribution in [2.24, 2.45) is 0 Å². The van der Waals surface area contributed by atoms with Gasteiger partial charge in [0, 0.05) is 5.69 Å². The molecular formula is C18H19F3N4O2. The number of alkyl halides is 3. The highest BCUT2D eigenvalue weighted by Gasteiger charge is 2.30. The SMILES string of the molecule is Cc1nc2oc(C)c(N)c2c(C)c1N.O=CNc1cccc(C(F)(F)F)c1. The van der Waals surface area contributed by atoms with E-state index >= 15 is 0 Å². The fraction of sp³-hybridized carbons (Fsp3) is 0.222. The first kappa shape index (κ1) is 20.1. The third-order valence-electron chi connectivity index (χ3n) is 3.97. The summed E-state index contributed by atoms with van der Waals surface area (Å²) >= 11 is 0. The predicted octanol–water partition coefficient (Wildman–Crippen LogP) is 4.19. The van der Waals surface area contributed by atoms with Gasteiger partial charge in [0.25, 0.3) is 0 Å². The molecule has 0 saturated carbocycles. The number of rotatable bonds is 2. The van der Waals surface area contributed by atoms with Gasteiger partial charge in [-0.2, -0.15) is 13.2 Å². The summed E-state index contributed by atoms with van der Waals surface area (Å²) in [6.45, 7) is 5.61. The van der Waals surface area contributed by atoms with Crippen LogP contribution in [0.15, 0.2) is 28.7 Å². The Kier molecular flexibility index (Phi) is 5.63. The molecule has 0 unspecified atom stereocenters. The number of benzene rings is 1. The van der Waals surface area contributed by atoms with Crippen molar-refractivity contribution in [1.29, 1.82) is 0 Å². The number of carbonyl (C=O) groups is 1. The third-order valence-corrected chi connectivity index (χ3v) is 3.97. The number of pyridine rings is 1. The first-order valence-electron chi connectivity index (χ1n) is 7.85. The summed E-state index contributed by atoms with van der Waals surface area (Å²) in [4.78, 5) is 14.2. The lowest BCUT2D eigenvalue weighted by Crippen LogP contribution is -2.05. The molecule has 2 aromatic heterocycles. The second kappa shape index (κ2) is 7.56. The zero-order valence-electron chi connectivity index (χ0n) is 14.9. The van der Waals surface area contributed by atoms with Crippen molar-refractivity contribution < 1.29 is 22.4 Å². The van der Waals surface area contributed by atoms with Gasteiger partial charge in [0.05, 0.1) is 28.0 Å². The number of nitrogens with two attached hydrogens (primary N) is 2. The number of furan rings is 1. The maximum Gasteiger partial charge on any atom is 0.416 e. The minimum absolute atomic E-state index is 0.129. The summed E-state index contributed by atoms with van der Waals surface area (Å²) in [5, 5.41) is 2.98. The van der Waals surface area contributed by atoms with Crippen LogP contribution in [0.4, 0.5) is 30.2 Å². The van der Waals surface area contributed by atoms with E-state index in [1.807, 2.05) is 20.8 Å². The van der Waals surface area contributed by atoms with Gasteiger partial charge in [0.1, 0.15) is 5.76 Å². The monoisotopic (exact) mass is 380 g/mol. The van der Waals surface area contributed by atoms with Gasteiger partial charge in [0.15, 0.2) is 0 Å². The van der Waals surface area contributed by atoms with Crippen LogP contribution < -0.4 is 16.8 Å². The number of amides is 1. The lowest BCUT2D eigenvalue weighted by molar-refractivity contribution is -0.137. The first-order chi connectivity index (χ1) is 12.6. The summed E-state index contributed by atoms with van der Waals surface area (Å²) in [6.07, 6.45) is -4.05. The number of hydrogen-bond donors (Lipinski definition) is 3. The molecule has 1 aromatic carbocycles. The molecule has 3 aromatic rings. The molecule has 0 spiro atoms. The van der Waals surface area contributed by atoms with E-state index < -0.39 is 11.7 Å². The third kappa shape index (κ3) is 4.30. The van der Waals surface area contributed by atoms with Crippen molar-refractivity contribution in [1.82, 2.24) is 4.98 Å². The van der Waals surface area contributed by atoms with Crippen molar-refractivity contribution in [3.05, 3.63) is 46.8 Å². The lowest BCUT2D eigenvalue weighted by atomic mass is 10.1. The maximum absolute atomic E-state index is 12.1. The molecule has 2 heterocycles. The molecule has 1 amide bonds. The van der Waals surface area contributed by atoms with E-state index in [-0.39, 0.29) is 5.69 Å². The summed E-state index contributed by atoms with van der Waals surface area (Å²) in [5.41, 5.74) is 14.7. The largest absolute Gasteiger partial charge is 0.441 e. The van der Waals surface area contributed by atoms with E-state index in [1.54, 1.807) is 0 Å². The Morgan fingerprint density at radius 1 is 1.15 bits per heavy atom. The average molecular weight is 380 g/mol. The molecule has 0 atom stereocenters. The number of hydrogen-bond acceptors (Lipinski definition) is 5. The fourth-order valence-electron chi connectivity index (χ4n) is 2.46. The Morgan fingerprint density at radius 3 is 2.41 bits per heavy atom. The Labute approximate surface area is 153 Å². The minimum Gasteiger partial charge on any atom is -0.441 e. The molecule has 0 radical (unpaired) electrons. The van der Waals surface area contributed by atoms with Gasteiger partial charge < -0.3 is 21.2 Å². The number of nitrogen functional groups attached to an aromatic ring is 2. The highest BCUT2D eigenvalue weighted by molar-refractivity contribution is 5.94. The Morgan fingerprint density at radius 2 is 1.81 bits per heavy atom. The van der Waals surface area contributed by atoms with E-state index in [1.165, 1.54) is 12.1 Å². The summed E-state index contributed by atoms with van der Waals surface area (Å²) in [7, 11) is 0. The summed E-state index contributed by atoms with van der Waals surface area (Å²) in [6, 6.07) is 4.42. The van der Waals surface area contributed by atoms with Gasteiger partial charge in [-0.3, -0.25) is 4.79 Å². The lowest BCUT2D eigenvalue weighted by Gasteiger charge is -2.07. The number of fused-ring (bicyclic) bond motifs is 1. The zero-order valence-corrected chi connectivity index (χ0v) is 14.9. The predicted molar refractivity (Wildman–Crippen MR) is 98.2 cm³/mol. The van der Waals surface area contributed by atoms with Crippen molar-refractivity contribution in [3.8, 4) is 0 Å². The number of anilines is 3.